The highest BCUT2D eigenvalue weighted by atomic mass is 16.5. The minimum absolute atomic E-state index is 0.399. The Kier molecular flexibility index (Phi) is 5.44. The molecule has 1 heterocycles. The number of rotatable bonds is 5. The summed E-state index contributed by atoms with van der Waals surface area (Å²) in [7, 11) is 1.72. The lowest BCUT2D eigenvalue weighted by atomic mass is 9.87. The molecule has 112 valence electrons. The average Bonchev–Trinajstić information content (AvgIpc) is 2.53. The quantitative estimate of drug-likeness (QED) is 0.897. The van der Waals surface area contributed by atoms with E-state index in [4.69, 9.17) is 10.5 Å². The Morgan fingerprint density at radius 1 is 1.45 bits per heavy atom. The lowest BCUT2D eigenvalue weighted by molar-refractivity contribution is 0.0772. The summed E-state index contributed by atoms with van der Waals surface area (Å²) < 4.78 is 5.34. The molecule has 0 saturated carbocycles. The second-order valence-corrected chi connectivity index (χ2v) is 5.88. The van der Waals surface area contributed by atoms with E-state index in [1.54, 1.807) is 7.11 Å². The van der Waals surface area contributed by atoms with Crippen molar-refractivity contribution in [2.75, 3.05) is 20.2 Å². The van der Waals surface area contributed by atoms with Crippen LogP contribution in [0.3, 0.4) is 0 Å². The number of benzene rings is 1. The number of piperidine rings is 1. The van der Waals surface area contributed by atoms with Crippen LogP contribution in [0.25, 0.3) is 0 Å². The Balaban J connectivity index is 2.12. The second kappa shape index (κ2) is 7.09. The molecule has 0 bridgehead atoms. The van der Waals surface area contributed by atoms with Crippen LogP contribution in [0.5, 0.6) is 5.75 Å². The Bertz CT molecular complexity index is 421. The third-order valence-corrected chi connectivity index (χ3v) is 4.79. The molecule has 0 radical (unpaired) electrons. The minimum atomic E-state index is 0.399. The average molecular weight is 276 g/mol. The van der Waals surface area contributed by atoms with Crippen LogP contribution in [0.4, 0.5) is 0 Å². The fraction of sp³-hybridized carbons (Fsp3) is 0.647. The van der Waals surface area contributed by atoms with E-state index in [1.807, 2.05) is 6.07 Å². The largest absolute Gasteiger partial charge is 0.497 e. The van der Waals surface area contributed by atoms with E-state index in [0.717, 1.165) is 24.8 Å². The maximum absolute atomic E-state index is 6.02. The zero-order valence-corrected chi connectivity index (χ0v) is 13.0. The monoisotopic (exact) mass is 276 g/mol. The summed E-state index contributed by atoms with van der Waals surface area (Å²) in [5.41, 5.74) is 7.33. The maximum Gasteiger partial charge on any atom is 0.119 e. The van der Waals surface area contributed by atoms with Crippen LogP contribution < -0.4 is 10.5 Å². The van der Waals surface area contributed by atoms with E-state index in [9.17, 15) is 0 Å². The van der Waals surface area contributed by atoms with Gasteiger partial charge in [0.1, 0.15) is 5.75 Å². The number of methoxy groups -OCH3 is 1. The molecule has 1 aliphatic rings. The molecule has 0 amide bonds. The molecule has 2 rings (SSSR count). The van der Waals surface area contributed by atoms with Crippen molar-refractivity contribution in [3.8, 4) is 5.75 Å². The van der Waals surface area contributed by atoms with Crippen LogP contribution in [0, 0.1) is 5.92 Å². The van der Waals surface area contributed by atoms with E-state index in [2.05, 4.69) is 36.9 Å². The van der Waals surface area contributed by atoms with Gasteiger partial charge in [-0.05, 0) is 49.9 Å². The fourth-order valence-electron chi connectivity index (χ4n) is 3.36. The Hall–Kier alpha value is -1.06. The first-order chi connectivity index (χ1) is 9.69. The highest BCUT2D eigenvalue weighted by Crippen LogP contribution is 2.32. The third-order valence-electron chi connectivity index (χ3n) is 4.79. The number of hydrogen-bond donors (Lipinski definition) is 1. The van der Waals surface area contributed by atoms with E-state index in [1.165, 1.54) is 24.8 Å². The molecule has 1 fully saturated rings. The molecule has 0 aromatic heterocycles. The first-order valence-corrected chi connectivity index (χ1v) is 7.79. The van der Waals surface area contributed by atoms with Gasteiger partial charge in [-0.2, -0.15) is 0 Å². The number of ether oxygens (including phenoxy) is 1. The van der Waals surface area contributed by atoms with Crippen molar-refractivity contribution in [1.29, 1.82) is 0 Å². The van der Waals surface area contributed by atoms with Gasteiger partial charge < -0.3 is 10.5 Å². The topological polar surface area (TPSA) is 38.5 Å². The van der Waals surface area contributed by atoms with Gasteiger partial charge in [0.25, 0.3) is 0 Å². The molecule has 1 aromatic rings. The van der Waals surface area contributed by atoms with Crippen molar-refractivity contribution in [3.05, 3.63) is 29.8 Å². The highest BCUT2D eigenvalue weighted by molar-refractivity contribution is 5.30. The van der Waals surface area contributed by atoms with Gasteiger partial charge >= 0.3 is 0 Å². The molecule has 2 N–H and O–H groups in total. The Morgan fingerprint density at radius 3 is 2.90 bits per heavy atom. The van der Waals surface area contributed by atoms with E-state index >= 15 is 0 Å². The minimum Gasteiger partial charge on any atom is -0.497 e. The normalized spacial score (nSPS) is 25.4. The standard InChI is InChI=1S/C17H28N2O/c1-4-14-8-9-19(16(10-14)12-18)13(2)15-6-5-7-17(11-15)20-3/h5-7,11,13-14,16H,4,8-10,12,18H2,1-3H3. The molecule has 1 aromatic carbocycles. The molecule has 20 heavy (non-hydrogen) atoms. The number of likely N-dealkylation sites (tertiary alicyclic amines) is 1. The predicted octanol–water partition coefficient (Wildman–Crippen LogP) is 3.21. The van der Waals surface area contributed by atoms with Crippen molar-refractivity contribution < 1.29 is 4.74 Å². The van der Waals surface area contributed by atoms with Crippen LogP contribution in [0.2, 0.25) is 0 Å². The first-order valence-electron chi connectivity index (χ1n) is 7.79. The molecular formula is C17H28N2O. The second-order valence-electron chi connectivity index (χ2n) is 5.88. The Morgan fingerprint density at radius 2 is 2.25 bits per heavy atom. The molecule has 1 saturated heterocycles. The van der Waals surface area contributed by atoms with Crippen molar-refractivity contribution in [1.82, 2.24) is 4.90 Å². The van der Waals surface area contributed by atoms with E-state index < -0.39 is 0 Å². The molecule has 3 atom stereocenters. The van der Waals surface area contributed by atoms with Crippen LogP contribution in [0.15, 0.2) is 24.3 Å². The summed E-state index contributed by atoms with van der Waals surface area (Å²) in [6.45, 7) is 6.48. The lowest BCUT2D eigenvalue weighted by Gasteiger charge is -2.42. The zero-order chi connectivity index (χ0) is 14.5. The SMILES string of the molecule is CCC1CCN(C(C)c2cccc(OC)c2)C(CN)C1. The van der Waals surface area contributed by atoms with E-state index in [-0.39, 0.29) is 0 Å². The molecule has 3 unspecified atom stereocenters. The van der Waals surface area contributed by atoms with Gasteiger partial charge in [0.2, 0.25) is 0 Å². The van der Waals surface area contributed by atoms with Crippen molar-refractivity contribution in [3.63, 3.8) is 0 Å². The summed E-state index contributed by atoms with van der Waals surface area (Å²) >= 11 is 0. The van der Waals surface area contributed by atoms with Crippen molar-refractivity contribution in [2.24, 2.45) is 11.7 Å². The van der Waals surface area contributed by atoms with Gasteiger partial charge in [0, 0.05) is 18.6 Å². The van der Waals surface area contributed by atoms with Crippen molar-refractivity contribution in [2.45, 2.75) is 45.2 Å². The Labute approximate surface area is 123 Å². The van der Waals surface area contributed by atoms with Crippen LogP contribution in [0.1, 0.15) is 44.7 Å². The van der Waals surface area contributed by atoms with Gasteiger partial charge in [-0.25, -0.2) is 0 Å². The van der Waals surface area contributed by atoms with Crippen LogP contribution in [-0.2, 0) is 0 Å². The smallest absolute Gasteiger partial charge is 0.119 e. The van der Waals surface area contributed by atoms with Gasteiger partial charge in [0.05, 0.1) is 7.11 Å². The summed E-state index contributed by atoms with van der Waals surface area (Å²) in [5, 5.41) is 0. The summed E-state index contributed by atoms with van der Waals surface area (Å²) in [6.07, 6.45) is 3.81. The zero-order valence-electron chi connectivity index (χ0n) is 13.0. The number of hydrogen-bond acceptors (Lipinski definition) is 3. The van der Waals surface area contributed by atoms with Crippen LogP contribution >= 0.6 is 0 Å². The summed E-state index contributed by atoms with van der Waals surface area (Å²) in [4.78, 5) is 2.57. The predicted molar refractivity (Wildman–Crippen MR) is 84.0 cm³/mol. The highest BCUT2D eigenvalue weighted by Gasteiger charge is 2.30. The fourth-order valence-corrected chi connectivity index (χ4v) is 3.36. The molecule has 0 spiro atoms. The van der Waals surface area contributed by atoms with E-state index in [0.29, 0.717) is 12.1 Å². The summed E-state index contributed by atoms with van der Waals surface area (Å²) in [6, 6.07) is 9.31. The first kappa shape index (κ1) is 15.3. The lowest BCUT2D eigenvalue weighted by Crippen LogP contribution is -2.47. The van der Waals surface area contributed by atoms with Gasteiger partial charge in [-0.15, -0.1) is 0 Å². The molecule has 0 aliphatic carbocycles. The van der Waals surface area contributed by atoms with Gasteiger partial charge in [-0.1, -0.05) is 25.5 Å². The molecular weight excluding hydrogens is 248 g/mol. The molecule has 1 aliphatic heterocycles. The van der Waals surface area contributed by atoms with Gasteiger partial charge in [0.15, 0.2) is 0 Å². The summed E-state index contributed by atoms with van der Waals surface area (Å²) in [5.74, 6) is 1.78. The number of nitrogens with two attached hydrogens (primary N) is 1. The molecule has 3 heteroatoms. The third kappa shape index (κ3) is 3.33. The maximum atomic E-state index is 6.02. The number of nitrogens with zero attached hydrogens (tertiary/aromatic N) is 1. The van der Waals surface area contributed by atoms with Crippen molar-refractivity contribution >= 4 is 0 Å². The molecule has 3 nitrogen and oxygen atoms in total. The van der Waals surface area contributed by atoms with Crippen LogP contribution in [-0.4, -0.2) is 31.1 Å². The van der Waals surface area contributed by atoms with Gasteiger partial charge in [-0.3, -0.25) is 4.90 Å².